The Morgan fingerprint density at radius 2 is 1.20 bits per heavy atom. The normalized spacial score (nSPS) is 17.3. The Morgan fingerprint density at radius 3 is 1.80 bits per heavy atom. The molecule has 0 spiro atoms. The summed E-state index contributed by atoms with van der Waals surface area (Å²) >= 11 is -2.34. The van der Waals surface area contributed by atoms with Gasteiger partial charge in [-0.3, -0.25) is 0 Å². The molecule has 0 fully saturated rings. The molecule has 5 heteroatoms. The average molecular weight is 925 g/mol. The van der Waals surface area contributed by atoms with Crippen LogP contribution in [0.1, 0.15) is 160 Å². The van der Waals surface area contributed by atoms with Crippen LogP contribution in [0.4, 0.5) is 0 Å². The van der Waals surface area contributed by atoms with E-state index in [4.69, 9.17) is 4.74 Å². The summed E-state index contributed by atoms with van der Waals surface area (Å²) < 4.78 is 7.34. The predicted octanol–water partition coefficient (Wildman–Crippen LogP) is 9.34. The van der Waals surface area contributed by atoms with Crippen molar-refractivity contribution in [3.05, 3.63) is 128 Å². The summed E-state index contributed by atoms with van der Waals surface area (Å²) in [6.45, 7) is 29.1. The molecule has 0 heterocycles. The molecule has 314 valence electrons. The van der Waals surface area contributed by atoms with Gasteiger partial charge in [-0.15, -0.1) is 0 Å². The number of allylic oxidation sites excluding steroid dienone is 2. The smallest absolute Gasteiger partial charge is 1.00 e. The van der Waals surface area contributed by atoms with Gasteiger partial charge in [0.1, 0.15) is 0 Å². The minimum absolute atomic E-state index is 0. The molecule has 0 amide bonds. The molecular formula is C54H70Cl2OSiZr. The van der Waals surface area contributed by atoms with Crippen LogP contribution in [0.15, 0.2) is 83.9 Å². The molecule has 4 aromatic rings. The van der Waals surface area contributed by atoms with E-state index in [0.717, 1.165) is 6.61 Å². The number of halogens is 2. The molecule has 3 aliphatic rings. The first-order chi connectivity index (χ1) is 26.9. The number of ether oxygens (including phenoxy) is 1. The molecule has 2 unspecified atom stereocenters. The van der Waals surface area contributed by atoms with E-state index in [-0.39, 0.29) is 41.2 Å². The Kier molecular flexibility index (Phi) is 15.6. The van der Waals surface area contributed by atoms with Gasteiger partial charge in [0, 0.05) is 0 Å². The van der Waals surface area contributed by atoms with Crippen molar-refractivity contribution >= 4 is 17.6 Å². The first-order valence-corrected chi connectivity index (χ1v) is 30.9. The van der Waals surface area contributed by atoms with Crippen LogP contribution in [0, 0.1) is 0 Å². The molecule has 7 rings (SSSR count). The van der Waals surface area contributed by atoms with Crippen molar-refractivity contribution in [1.29, 1.82) is 0 Å². The van der Waals surface area contributed by atoms with Gasteiger partial charge >= 0.3 is 357 Å². The summed E-state index contributed by atoms with van der Waals surface area (Å²) in [5.41, 5.74) is 21.2. The second-order valence-electron chi connectivity index (χ2n) is 20.7. The Bertz CT molecular complexity index is 2220. The molecule has 3 aliphatic carbocycles. The number of unbranched alkanes of at least 4 members (excludes halogenated alkanes) is 3. The van der Waals surface area contributed by atoms with Crippen molar-refractivity contribution in [3.63, 3.8) is 0 Å². The van der Waals surface area contributed by atoms with E-state index in [2.05, 4.69) is 168 Å². The number of fused-ring (bicyclic) bond motifs is 3. The average Bonchev–Trinajstić information content (AvgIpc) is 3.84. The number of hydrogen-bond acceptors (Lipinski definition) is 1. The van der Waals surface area contributed by atoms with Gasteiger partial charge in [-0.25, -0.2) is 0 Å². The second kappa shape index (κ2) is 19.2. The summed E-state index contributed by atoms with van der Waals surface area (Å²) in [4.78, 5) is 0. The van der Waals surface area contributed by atoms with E-state index in [9.17, 15) is 0 Å². The standard InChI is InChI=1S/C23H25.C20H21.C11H24OSi.2ClH.Zr/c1-15-12-18-14-17-6-5-7-20(17)22(21(18)13-15)16-8-10-19(11-9-16)23(2,3)4;1-14-12-16-6-5-7-18(19(16)13-14)15-8-10-17(11-9-15)20(2,3)4;1-11(2,3)12-9-7-5-6-8-10-13-4;;;/h8-14H,5-7H2,1-4H3;5-13H,1-4H3;5-10H2,1-4H3;2*1H;/q;;;;;+2/p-2. The molecule has 0 aromatic heterocycles. The number of hydrogen-bond donors (Lipinski definition) is 0. The van der Waals surface area contributed by atoms with Crippen LogP contribution in [-0.4, -0.2) is 17.6 Å². The third-order valence-electron chi connectivity index (χ3n) is 13.1. The van der Waals surface area contributed by atoms with E-state index in [1.54, 1.807) is 44.5 Å². The van der Waals surface area contributed by atoms with Gasteiger partial charge in [-0.2, -0.15) is 0 Å². The van der Waals surface area contributed by atoms with Gasteiger partial charge in [0.05, 0.1) is 0 Å². The SMILES string of the molecule is CC1=Cc2c(-c3ccc(C(C)(C)C)cc3)cccc2[CH]1[Zr+2]([CH]1C(C)=Cc2c1cc1c(c2-c2ccc(C(C)(C)C)cc2)CCC1)=[Si](C)CCCCCCOC(C)(C)C.[Cl-].[Cl-]. The largest absolute Gasteiger partial charge is 1.00 e. The van der Waals surface area contributed by atoms with Gasteiger partial charge in [0.25, 0.3) is 0 Å². The molecule has 2 atom stereocenters. The minimum Gasteiger partial charge on any atom is -1.00 e. The first-order valence-electron chi connectivity index (χ1n) is 22.2. The second-order valence-corrected chi connectivity index (χ2v) is 37.6. The summed E-state index contributed by atoms with van der Waals surface area (Å²) in [5.74, 6) is 0. The zero-order chi connectivity index (χ0) is 40.9. The molecule has 0 bridgehead atoms. The van der Waals surface area contributed by atoms with Crippen LogP contribution in [0.3, 0.4) is 0 Å². The van der Waals surface area contributed by atoms with Crippen molar-refractivity contribution in [2.75, 3.05) is 6.61 Å². The molecule has 0 saturated heterocycles. The van der Waals surface area contributed by atoms with Crippen LogP contribution in [-0.2, 0) is 48.8 Å². The van der Waals surface area contributed by atoms with Gasteiger partial charge < -0.3 is 24.8 Å². The topological polar surface area (TPSA) is 9.23 Å². The van der Waals surface area contributed by atoms with E-state index >= 15 is 0 Å². The molecule has 0 saturated carbocycles. The number of rotatable bonds is 11. The van der Waals surface area contributed by atoms with Crippen LogP contribution in [0.2, 0.25) is 12.6 Å². The summed E-state index contributed by atoms with van der Waals surface area (Å²) in [6, 6.07) is 30.7. The molecule has 59 heavy (non-hydrogen) atoms. The van der Waals surface area contributed by atoms with Crippen LogP contribution in [0.5, 0.6) is 0 Å². The van der Waals surface area contributed by atoms with E-state index < -0.39 is 25.8 Å². The third kappa shape index (κ3) is 10.5. The molecule has 0 aliphatic heterocycles. The van der Waals surface area contributed by atoms with Crippen LogP contribution >= 0.6 is 0 Å². The predicted molar refractivity (Wildman–Crippen MR) is 247 cm³/mol. The summed E-state index contributed by atoms with van der Waals surface area (Å²) in [6.07, 6.45) is 14.2. The first kappa shape index (κ1) is 48.0. The fourth-order valence-electron chi connectivity index (χ4n) is 10.0. The summed E-state index contributed by atoms with van der Waals surface area (Å²) in [5, 5.41) is 0. The monoisotopic (exact) mass is 922 g/mol. The fourth-order valence-corrected chi connectivity index (χ4v) is 33.8. The van der Waals surface area contributed by atoms with E-state index in [1.807, 2.05) is 0 Å². The quantitative estimate of drug-likeness (QED) is 0.108. The summed E-state index contributed by atoms with van der Waals surface area (Å²) in [7, 11) is 0. The van der Waals surface area contributed by atoms with E-state index in [0.29, 0.717) is 7.25 Å². The maximum Gasteiger partial charge on any atom is -1.00 e. The minimum atomic E-state index is -2.34. The van der Waals surface area contributed by atoms with Gasteiger partial charge in [0.2, 0.25) is 0 Å². The number of aryl methyl sites for hydroxylation is 1. The Morgan fingerprint density at radius 1 is 0.644 bits per heavy atom. The zero-order valence-electron chi connectivity index (χ0n) is 38.3. The molecule has 4 aromatic carbocycles. The molecule has 1 nitrogen and oxygen atoms in total. The Labute approximate surface area is 379 Å². The maximum atomic E-state index is 6.08. The Balaban J connectivity index is 0.00000331. The third-order valence-corrected chi connectivity index (χ3v) is 34.5. The fraction of sp³-hybridized carbons (Fsp3) is 0.481. The molecule has 0 N–H and O–H groups in total. The number of benzene rings is 4. The van der Waals surface area contributed by atoms with E-state index in [1.165, 1.54) is 84.4 Å². The maximum absolute atomic E-state index is 6.08. The van der Waals surface area contributed by atoms with Crippen molar-refractivity contribution in [3.8, 4) is 22.3 Å². The van der Waals surface area contributed by atoms with Crippen molar-refractivity contribution in [2.45, 2.75) is 157 Å². The van der Waals surface area contributed by atoms with Crippen LogP contribution < -0.4 is 24.8 Å². The molecular weight excluding hydrogens is 855 g/mol. The Hall–Kier alpha value is -2.00. The van der Waals surface area contributed by atoms with Crippen LogP contribution in [0.25, 0.3) is 34.4 Å². The molecule has 0 radical (unpaired) electrons. The van der Waals surface area contributed by atoms with Crippen molar-refractivity contribution in [2.24, 2.45) is 0 Å². The van der Waals surface area contributed by atoms with Gasteiger partial charge in [-0.1, -0.05) is 0 Å². The van der Waals surface area contributed by atoms with Crippen molar-refractivity contribution < 1.29 is 49.9 Å². The van der Waals surface area contributed by atoms with Gasteiger partial charge in [-0.05, 0) is 0 Å². The van der Waals surface area contributed by atoms with Crippen molar-refractivity contribution in [1.82, 2.24) is 0 Å². The zero-order valence-corrected chi connectivity index (χ0v) is 43.2. The van der Waals surface area contributed by atoms with Gasteiger partial charge in [0.15, 0.2) is 0 Å².